The van der Waals surface area contributed by atoms with Crippen molar-refractivity contribution in [2.24, 2.45) is 0 Å². The number of fused-ring (bicyclic) bond motifs is 1. The normalized spacial score (nSPS) is 17.2. The SMILES string of the molecule is CCc1c(C)nc2n(c1=O)CN(CCC1=CCCCC1)CN2c1cccc(C)c1. The molecule has 4 rings (SSSR count). The number of anilines is 2. The van der Waals surface area contributed by atoms with Crippen molar-refractivity contribution in [1.29, 1.82) is 0 Å². The summed E-state index contributed by atoms with van der Waals surface area (Å²) in [7, 11) is 0. The third-order valence-electron chi connectivity index (χ3n) is 6.17. The lowest BCUT2D eigenvalue weighted by molar-refractivity contribution is 0.199. The molecule has 0 saturated carbocycles. The monoisotopic (exact) mass is 392 g/mol. The second-order valence-corrected chi connectivity index (χ2v) is 8.36. The first kappa shape index (κ1) is 19.9. The molecule has 0 radical (unpaired) electrons. The third-order valence-corrected chi connectivity index (χ3v) is 6.17. The molecule has 2 aromatic rings. The fourth-order valence-corrected chi connectivity index (χ4v) is 4.50. The molecule has 154 valence electrons. The summed E-state index contributed by atoms with van der Waals surface area (Å²) in [6.45, 7) is 8.43. The summed E-state index contributed by atoms with van der Waals surface area (Å²) in [5, 5.41) is 0. The van der Waals surface area contributed by atoms with Crippen LogP contribution < -0.4 is 10.5 Å². The third kappa shape index (κ3) is 4.15. The molecule has 2 aliphatic rings. The molecular formula is C24H32N4O. The topological polar surface area (TPSA) is 41.4 Å². The summed E-state index contributed by atoms with van der Waals surface area (Å²) in [4.78, 5) is 22.7. The van der Waals surface area contributed by atoms with Crippen molar-refractivity contribution >= 4 is 11.6 Å². The first-order valence-electron chi connectivity index (χ1n) is 10.9. The van der Waals surface area contributed by atoms with Crippen LogP contribution in [0.1, 0.15) is 55.8 Å². The Kier molecular flexibility index (Phi) is 5.86. The maximum atomic E-state index is 13.2. The molecule has 0 spiro atoms. The number of hydrogen-bond acceptors (Lipinski definition) is 4. The number of allylic oxidation sites excluding steroid dienone is 1. The van der Waals surface area contributed by atoms with Crippen molar-refractivity contribution in [1.82, 2.24) is 14.5 Å². The first-order valence-corrected chi connectivity index (χ1v) is 10.9. The fraction of sp³-hybridized carbons (Fsp3) is 0.500. The fourth-order valence-electron chi connectivity index (χ4n) is 4.50. The Labute approximate surface area is 173 Å². The van der Waals surface area contributed by atoms with Crippen LogP contribution >= 0.6 is 0 Å². The lowest BCUT2D eigenvalue weighted by Crippen LogP contribution is -2.48. The Morgan fingerprint density at radius 1 is 1.14 bits per heavy atom. The van der Waals surface area contributed by atoms with Gasteiger partial charge in [0.05, 0.1) is 13.3 Å². The zero-order valence-corrected chi connectivity index (χ0v) is 17.9. The van der Waals surface area contributed by atoms with Crippen LogP contribution in [0.25, 0.3) is 0 Å². The van der Waals surface area contributed by atoms with E-state index in [0.717, 1.165) is 48.9 Å². The van der Waals surface area contributed by atoms with Gasteiger partial charge in [0.15, 0.2) is 0 Å². The molecule has 0 saturated heterocycles. The molecule has 0 amide bonds. The van der Waals surface area contributed by atoms with Gasteiger partial charge in [0.2, 0.25) is 5.95 Å². The van der Waals surface area contributed by atoms with Gasteiger partial charge in [-0.05, 0) is 70.1 Å². The van der Waals surface area contributed by atoms with Gasteiger partial charge in [-0.25, -0.2) is 4.98 Å². The van der Waals surface area contributed by atoms with E-state index in [1.807, 2.05) is 18.4 Å². The van der Waals surface area contributed by atoms with Crippen molar-refractivity contribution in [2.75, 3.05) is 18.1 Å². The predicted octanol–water partition coefficient (Wildman–Crippen LogP) is 4.68. The van der Waals surface area contributed by atoms with Crippen molar-refractivity contribution < 1.29 is 0 Å². The van der Waals surface area contributed by atoms with Crippen LogP contribution in [-0.2, 0) is 13.1 Å². The van der Waals surface area contributed by atoms with Gasteiger partial charge >= 0.3 is 0 Å². The Morgan fingerprint density at radius 2 is 2.00 bits per heavy atom. The molecule has 5 nitrogen and oxygen atoms in total. The smallest absolute Gasteiger partial charge is 0.259 e. The second-order valence-electron chi connectivity index (χ2n) is 8.36. The minimum Gasteiger partial charge on any atom is -0.298 e. The van der Waals surface area contributed by atoms with Gasteiger partial charge in [0.25, 0.3) is 5.56 Å². The lowest BCUT2D eigenvalue weighted by atomic mass is 9.97. The summed E-state index contributed by atoms with van der Waals surface area (Å²) >= 11 is 0. The maximum absolute atomic E-state index is 13.2. The van der Waals surface area contributed by atoms with Gasteiger partial charge in [-0.3, -0.25) is 19.2 Å². The highest BCUT2D eigenvalue weighted by atomic mass is 16.1. The van der Waals surface area contributed by atoms with E-state index in [2.05, 4.69) is 47.1 Å². The summed E-state index contributed by atoms with van der Waals surface area (Å²) < 4.78 is 1.87. The molecule has 0 atom stereocenters. The summed E-state index contributed by atoms with van der Waals surface area (Å²) in [5.74, 6) is 0.767. The quantitative estimate of drug-likeness (QED) is 0.693. The minimum absolute atomic E-state index is 0.106. The van der Waals surface area contributed by atoms with Crippen LogP contribution in [0, 0.1) is 13.8 Å². The van der Waals surface area contributed by atoms with Crippen LogP contribution in [0.5, 0.6) is 0 Å². The van der Waals surface area contributed by atoms with E-state index in [1.165, 1.54) is 31.2 Å². The standard InChI is InChI=1S/C24H32N4O/c1-4-22-19(3)25-24-27(21-12-8-9-18(2)15-21)16-26(17-28(24)23(22)29)14-13-20-10-6-5-7-11-20/h8-10,12,15H,4-7,11,13-14,16-17H2,1-3H3. The van der Waals surface area contributed by atoms with Gasteiger partial charge in [0.1, 0.15) is 0 Å². The average molecular weight is 393 g/mol. The molecule has 2 heterocycles. The number of nitrogens with zero attached hydrogens (tertiary/aromatic N) is 4. The summed E-state index contributed by atoms with van der Waals surface area (Å²) in [6, 6.07) is 8.46. The first-order chi connectivity index (χ1) is 14.1. The molecule has 1 aliphatic carbocycles. The van der Waals surface area contributed by atoms with Gasteiger partial charge < -0.3 is 0 Å². The molecule has 0 fully saturated rings. The zero-order valence-electron chi connectivity index (χ0n) is 17.9. The number of benzene rings is 1. The van der Waals surface area contributed by atoms with E-state index in [4.69, 9.17) is 4.98 Å². The lowest BCUT2D eigenvalue weighted by Gasteiger charge is -2.38. The van der Waals surface area contributed by atoms with Gasteiger partial charge in [-0.2, -0.15) is 0 Å². The van der Waals surface area contributed by atoms with Crippen LogP contribution in [0.4, 0.5) is 11.6 Å². The van der Waals surface area contributed by atoms with Crippen LogP contribution in [0.2, 0.25) is 0 Å². The molecule has 1 aliphatic heterocycles. The Morgan fingerprint density at radius 3 is 2.72 bits per heavy atom. The highest BCUT2D eigenvalue weighted by molar-refractivity contribution is 5.59. The van der Waals surface area contributed by atoms with Crippen LogP contribution in [0.15, 0.2) is 40.7 Å². The summed E-state index contributed by atoms with van der Waals surface area (Å²) in [6.07, 6.45) is 9.31. The van der Waals surface area contributed by atoms with Gasteiger partial charge in [-0.15, -0.1) is 0 Å². The summed E-state index contributed by atoms with van der Waals surface area (Å²) in [5.41, 5.74) is 5.66. The maximum Gasteiger partial charge on any atom is 0.259 e. The minimum atomic E-state index is 0.106. The molecular weight excluding hydrogens is 360 g/mol. The van der Waals surface area contributed by atoms with E-state index >= 15 is 0 Å². The molecule has 1 aromatic carbocycles. The Hall–Kier alpha value is -2.40. The van der Waals surface area contributed by atoms with E-state index in [1.54, 1.807) is 5.57 Å². The van der Waals surface area contributed by atoms with Crippen molar-refractivity contribution in [3.63, 3.8) is 0 Å². The molecule has 29 heavy (non-hydrogen) atoms. The predicted molar refractivity (Wildman–Crippen MR) is 119 cm³/mol. The Balaban J connectivity index is 1.69. The highest BCUT2D eigenvalue weighted by Gasteiger charge is 2.27. The average Bonchev–Trinajstić information content (AvgIpc) is 2.73. The largest absolute Gasteiger partial charge is 0.298 e. The van der Waals surface area contributed by atoms with Gasteiger partial charge in [0, 0.05) is 23.5 Å². The highest BCUT2D eigenvalue weighted by Crippen LogP contribution is 2.29. The van der Waals surface area contributed by atoms with E-state index in [0.29, 0.717) is 6.67 Å². The Bertz CT molecular complexity index is 975. The van der Waals surface area contributed by atoms with E-state index < -0.39 is 0 Å². The van der Waals surface area contributed by atoms with Crippen molar-refractivity contribution in [3.05, 3.63) is 63.1 Å². The van der Waals surface area contributed by atoms with Gasteiger partial charge in [-0.1, -0.05) is 30.7 Å². The molecule has 5 heteroatoms. The molecule has 1 aromatic heterocycles. The van der Waals surface area contributed by atoms with E-state index in [9.17, 15) is 4.79 Å². The molecule has 0 bridgehead atoms. The number of rotatable bonds is 5. The van der Waals surface area contributed by atoms with E-state index in [-0.39, 0.29) is 5.56 Å². The number of aryl methyl sites for hydroxylation is 2. The van der Waals surface area contributed by atoms with Crippen molar-refractivity contribution in [2.45, 2.75) is 66.0 Å². The number of hydrogen-bond donors (Lipinski definition) is 0. The van der Waals surface area contributed by atoms with Crippen LogP contribution in [0.3, 0.4) is 0 Å². The second kappa shape index (κ2) is 8.54. The molecule has 0 N–H and O–H groups in total. The van der Waals surface area contributed by atoms with Crippen LogP contribution in [-0.4, -0.2) is 27.7 Å². The number of aromatic nitrogens is 2. The zero-order chi connectivity index (χ0) is 20.4. The molecule has 0 unspecified atom stereocenters. The van der Waals surface area contributed by atoms with Crippen molar-refractivity contribution in [3.8, 4) is 0 Å².